The molecule has 1 atom stereocenters. The number of piperazine rings is 1. The van der Waals surface area contributed by atoms with Gasteiger partial charge in [-0.3, -0.25) is 4.90 Å². The van der Waals surface area contributed by atoms with Gasteiger partial charge in [0.2, 0.25) is 0 Å². The van der Waals surface area contributed by atoms with E-state index in [4.69, 9.17) is 0 Å². The third-order valence-corrected chi connectivity index (χ3v) is 3.82. The lowest BCUT2D eigenvalue weighted by Crippen LogP contribution is -2.50. The van der Waals surface area contributed by atoms with E-state index in [1.54, 1.807) is 0 Å². The van der Waals surface area contributed by atoms with Crippen LogP contribution in [0, 0.1) is 0 Å². The second-order valence-electron chi connectivity index (χ2n) is 4.80. The topological polar surface area (TPSA) is 15.3 Å². The molecule has 2 nitrogen and oxygen atoms in total. The van der Waals surface area contributed by atoms with Crippen LogP contribution >= 0.6 is 15.9 Å². The van der Waals surface area contributed by atoms with Crippen molar-refractivity contribution >= 4 is 15.9 Å². The van der Waals surface area contributed by atoms with Crippen molar-refractivity contribution in [2.45, 2.75) is 32.4 Å². The molecule has 1 aromatic carbocycles. The van der Waals surface area contributed by atoms with Gasteiger partial charge in [0.05, 0.1) is 0 Å². The van der Waals surface area contributed by atoms with Crippen molar-refractivity contribution in [2.24, 2.45) is 0 Å². The fraction of sp³-hybridized carbons (Fsp3) is 0.571. The van der Waals surface area contributed by atoms with Crippen LogP contribution in [-0.4, -0.2) is 30.6 Å². The largest absolute Gasteiger partial charge is 0.311 e. The minimum Gasteiger partial charge on any atom is -0.311 e. The van der Waals surface area contributed by atoms with Crippen molar-refractivity contribution in [3.63, 3.8) is 0 Å². The summed E-state index contributed by atoms with van der Waals surface area (Å²) in [5.41, 5.74) is 1.41. The van der Waals surface area contributed by atoms with Crippen LogP contribution in [-0.2, 0) is 6.54 Å². The summed E-state index contributed by atoms with van der Waals surface area (Å²) in [5, 5.41) is 3.60. The lowest BCUT2D eigenvalue weighted by Gasteiger charge is -2.33. The summed E-state index contributed by atoms with van der Waals surface area (Å²) in [7, 11) is 0. The van der Waals surface area contributed by atoms with Crippen LogP contribution < -0.4 is 5.32 Å². The number of hydrogen-bond acceptors (Lipinski definition) is 2. The fourth-order valence-electron chi connectivity index (χ4n) is 2.43. The van der Waals surface area contributed by atoms with Crippen LogP contribution in [0.5, 0.6) is 0 Å². The first-order valence-corrected chi connectivity index (χ1v) is 7.27. The number of halogens is 1. The summed E-state index contributed by atoms with van der Waals surface area (Å²) in [6, 6.07) is 9.36. The zero-order chi connectivity index (χ0) is 12.1. The van der Waals surface area contributed by atoms with Crippen molar-refractivity contribution in [3.8, 4) is 0 Å². The van der Waals surface area contributed by atoms with Gasteiger partial charge in [-0.2, -0.15) is 0 Å². The highest BCUT2D eigenvalue weighted by Gasteiger charge is 2.18. The Labute approximate surface area is 113 Å². The van der Waals surface area contributed by atoms with E-state index in [0.717, 1.165) is 24.1 Å². The van der Waals surface area contributed by atoms with Crippen LogP contribution in [0.4, 0.5) is 0 Å². The van der Waals surface area contributed by atoms with Gasteiger partial charge in [-0.1, -0.05) is 41.4 Å². The molecule has 1 heterocycles. The molecule has 1 saturated heterocycles. The zero-order valence-corrected chi connectivity index (χ0v) is 12.0. The molecule has 1 fully saturated rings. The van der Waals surface area contributed by atoms with Crippen molar-refractivity contribution in [1.29, 1.82) is 0 Å². The molecular weight excluding hydrogens is 276 g/mol. The molecule has 94 valence electrons. The quantitative estimate of drug-likeness (QED) is 0.919. The monoisotopic (exact) mass is 296 g/mol. The molecular formula is C14H21BrN2. The van der Waals surface area contributed by atoms with Crippen molar-refractivity contribution in [1.82, 2.24) is 10.2 Å². The molecule has 3 heteroatoms. The maximum absolute atomic E-state index is 3.60. The van der Waals surface area contributed by atoms with Gasteiger partial charge < -0.3 is 5.32 Å². The molecule has 17 heavy (non-hydrogen) atoms. The van der Waals surface area contributed by atoms with E-state index in [0.29, 0.717) is 6.04 Å². The smallest absolute Gasteiger partial charge is 0.0234 e. The van der Waals surface area contributed by atoms with Crippen LogP contribution in [0.1, 0.15) is 25.3 Å². The van der Waals surface area contributed by atoms with Crippen LogP contribution in [0.25, 0.3) is 0 Å². The molecule has 1 N–H and O–H groups in total. The Hall–Kier alpha value is -0.380. The van der Waals surface area contributed by atoms with E-state index in [2.05, 4.69) is 57.3 Å². The zero-order valence-electron chi connectivity index (χ0n) is 10.5. The SMILES string of the molecule is CCCC1CN(Cc2ccc(Br)cc2)CCN1. The molecule has 1 aliphatic rings. The van der Waals surface area contributed by atoms with Gasteiger partial charge in [-0.15, -0.1) is 0 Å². The predicted molar refractivity (Wildman–Crippen MR) is 76.1 cm³/mol. The van der Waals surface area contributed by atoms with E-state index < -0.39 is 0 Å². The fourth-order valence-corrected chi connectivity index (χ4v) is 2.69. The lowest BCUT2D eigenvalue weighted by molar-refractivity contribution is 0.187. The molecule has 1 aromatic rings. The lowest BCUT2D eigenvalue weighted by atomic mass is 10.1. The van der Waals surface area contributed by atoms with Gasteiger partial charge in [0, 0.05) is 36.7 Å². The molecule has 0 bridgehead atoms. The first kappa shape index (κ1) is 13.1. The van der Waals surface area contributed by atoms with Crippen LogP contribution in [0.15, 0.2) is 28.7 Å². The molecule has 1 unspecified atom stereocenters. The normalized spacial score (nSPS) is 21.6. The molecule has 0 saturated carbocycles. The van der Waals surface area contributed by atoms with Gasteiger partial charge in [0.15, 0.2) is 0 Å². The Morgan fingerprint density at radius 1 is 1.35 bits per heavy atom. The standard InChI is InChI=1S/C14H21BrN2/c1-2-3-14-11-17(9-8-16-14)10-12-4-6-13(15)7-5-12/h4-7,14,16H,2-3,8-11H2,1H3. The average molecular weight is 297 g/mol. The first-order valence-electron chi connectivity index (χ1n) is 6.48. The number of rotatable bonds is 4. The van der Waals surface area contributed by atoms with E-state index in [9.17, 15) is 0 Å². The first-order chi connectivity index (χ1) is 8.28. The van der Waals surface area contributed by atoms with E-state index in [-0.39, 0.29) is 0 Å². The Bertz CT molecular complexity index is 335. The van der Waals surface area contributed by atoms with Crippen LogP contribution in [0.2, 0.25) is 0 Å². The van der Waals surface area contributed by atoms with E-state index in [1.807, 2.05) is 0 Å². The number of nitrogens with zero attached hydrogens (tertiary/aromatic N) is 1. The van der Waals surface area contributed by atoms with Crippen molar-refractivity contribution < 1.29 is 0 Å². The van der Waals surface area contributed by atoms with E-state index >= 15 is 0 Å². The molecule has 0 aliphatic carbocycles. The third kappa shape index (κ3) is 4.09. The van der Waals surface area contributed by atoms with E-state index in [1.165, 1.54) is 24.9 Å². The predicted octanol–water partition coefficient (Wildman–Crippen LogP) is 3.02. The summed E-state index contributed by atoms with van der Waals surface area (Å²) >= 11 is 3.48. The summed E-state index contributed by atoms with van der Waals surface area (Å²) in [6.45, 7) is 6.81. The van der Waals surface area contributed by atoms with Crippen molar-refractivity contribution in [3.05, 3.63) is 34.3 Å². The maximum atomic E-state index is 3.60. The third-order valence-electron chi connectivity index (χ3n) is 3.30. The highest BCUT2D eigenvalue weighted by molar-refractivity contribution is 9.10. The summed E-state index contributed by atoms with van der Waals surface area (Å²) in [6.07, 6.45) is 2.56. The Balaban J connectivity index is 1.87. The highest BCUT2D eigenvalue weighted by Crippen LogP contribution is 2.14. The molecule has 0 aromatic heterocycles. The molecule has 0 amide bonds. The van der Waals surface area contributed by atoms with Gasteiger partial charge in [-0.25, -0.2) is 0 Å². The number of benzene rings is 1. The van der Waals surface area contributed by atoms with Gasteiger partial charge in [0.25, 0.3) is 0 Å². The molecule has 0 radical (unpaired) electrons. The van der Waals surface area contributed by atoms with Gasteiger partial charge in [0.1, 0.15) is 0 Å². The minimum atomic E-state index is 0.684. The average Bonchev–Trinajstić information content (AvgIpc) is 2.33. The number of hydrogen-bond donors (Lipinski definition) is 1. The molecule has 0 spiro atoms. The summed E-state index contributed by atoms with van der Waals surface area (Å²) in [4.78, 5) is 2.56. The second-order valence-corrected chi connectivity index (χ2v) is 5.72. The summed E-state index contributed by atoms with van der Waals surface area (Å²) in [5.74, 6) is 0. The Morgan fingerprint density at radius 2 is 2.12 bits per heavy atom. The maximum Gasteiger partial charge on any atom is 0.0234 e. The minimum absolute atomic E-state index is 0.684. The Morgan fingerprint density at radius 3 is 2.82 bits per heavy atom. The summed E-state index contributed by atoms with van der Waals surface area (Å²) < 4.78 is 1.16. The van der Waals surface area contributed by atoms with Crippen LogP contribution in [0.3, 0.4) is 0 Å². The second kappa shape index (κ2) is 6.53. The highest BCUT2D eigenvalue weighted by atomic mass is 79.9. The van der Waals surface area contributed by atoms with Crippen molar-refractivity contribution in [2.75, 3.05) is 19.6 Å². The molecule has 2 rings (SSSR count). The Kier molecular flexibility index (Phi) is 5.01. The van der Waals surface area contributed by atoms with Gasteiger partial charge in [-0.05, 0) is 24.1 Å². The van der Waals surface area contributed by atoms with Gasteiger partial charge >= 0.3 is 0 Å². The number of nitrogens with one attached hydrogen (secondary N) is 1. The molecule has 1 aliphatic heterocycles.